The van der Waals surface area contributed by atoms with E-state index in [1.807, 2.05) is 6.07 Å². The molecule has 2 heterocycles. The zero-order valence-corrected chi connectivity index (χ0v) is 8.48. The maximum Gasteiger partial charge on any atom is 0.221 e. The first-order chi connectivity index (χ1) is 6.79. The second-order valence-corrected chi connectivity index (χ2v) is 3.78. The fraction of sp³-hybridized carbons (Fsp3) is 0.600. The highest BCUT2D eigenvalue weighted by molar-refractivity contribution is 5.41. The van der Waals surface area contributed by atoms with Crippen LogP contribution in [0, 0.1) is 5.92 Å². The van der Waals surface area contributed by atoms with E-state index >= 15 is 0 Å². The van der Waals surface area contributed by atoms with Gasteiger partial charge in [-0.1, -0.05) is 13.3 Å². The summed E-state index contributed by atoms with van der Waals surface area (Å²) < 4.78 is 0. The first-order valence-corrected chi connectivity index (χ1v) is 5.13. The van der Waals surface area contributed by atoms with Gasteiger partial charge in [-0.2, -0.15) is 4.98 Å². The minimum Gasteiger partial charge on any atom is -0.368 e. The van der Waals surface area contributed by atoms with Gasteiger partial charge in [0.25, 0.3) is 0 Å². The minimum absolute atomic E-state index is 0.363. The molecule has 1 aliphatic rings. The van der Waals surface area contributed by atoms with Crippen molar-refractivity contribution < 1.29 is 0 Å². The molecule has 1 aliphatic heterocycles. The third-order valence-corrected chi connectivity index (χ3v) is 2.85. The standard InChI is InChI=1S/C10H16N4/c1-2-8-4-6-14(7-8)9-3-5-12-10(11)13-9/h3,5,8H,2,4,6-7H2,1H3,(H2,11,12,13). The fourth-order valence-electron chi connectivity index (χ4n) is 1.91. The number of nitrogens with zero attached hydrogens (tertiary/aromatic N) is 3. The van der Waals surface area contributed by atoms with Gasteiger partial charge in [-0.3, -0.25) is 0 Å². The molecule has 1 saturated heterocycles. The monoisotopic (exact) mass is 192 g/mol. The maximum atomic E-state index is 5.54. The average Bonchev–Trinajstić information content (AvgIpc) is 2.66. The second kappa shape index (κ2) is 3.82. The second-order valence-electron chi connectivity index (χ2n) is 3.78. The van der Waals surface area contributed by atoms with Crippen molar-refractivity contribution in [3.05, 3.63) is 12.3 Å². The minimum atomic E-state index is 0.363. The van der Waals surface area contributed by atoms with E-state index in [-0.39, 0.29) is 0 Å². The number of nitrogens with two attached hydrogens (primary N) is 1. The molecule has 76 valence electrons. The summed E-state index contributed by atoms with van der Waals surface area (Å²) in [7, 11) is 0. The van der Waals surface area contributed by atoms with Crippen LogP contribution in [0.4, 0.5) is 11.8 Å². The molecule has 0 amide bonds. The molecule has 4 nitrogen and oxygen atoms in total. The van der Waals surface area contributed by atoms with E-state index in [0.717, 1.165) is 24.8 Å². The van der Waals surface area contributed by atoms with Gasteiger partial charge in [0.15, 0.2) is 0 Å². The van der Waals surface area contributed by atoms with E-state index in [2.05, 4.69) is 21.8 Å². The summed E-state index contributed by atoms with van der Waals surface area (Å²) in [5.41, 5.74) is 5.54. The molecule has 0 aromatic carbocycles. The third kappa shape index (κ3) is 1.78. The Bertz CT molecular complexity index is 313. The lowest BCUT2D eigenvalue weighted by molar-refractivity contribution is 0.568. The van der Waals surface area contributed by atoms with Gasteiger partial charge in [0.05, 0.1) is 0 Å². The average molecular weight is 192 g/mol. The zero-order valence-electron chi connectivity index (χ0n) is 8.48. The van der Waals surface area contributed by atoms with Crippen molar-refractivity contribution in [2.75, 3.05) is 23.7 Å². The van der Waals surface area contributed by atoms with Crippen LogP contribution in [-0.2, 0) is 0 Å². The summed E-state index contributed by atoms with van der Waals surface area (Å²) >= 11 is 0. The zero-order chi connectivity index (χ0) is 9.97. The molecule has 1 fully saturated rings. The van der Waals surface area contributed by atoms with Gasteiger partial charge in [0.2, 0.25) is 5.95 Å². The summed E-state index contributed by atoms with van der Waals surface area (Å²) in [4.78, 5) is 10.4. The highest BCUT2D eigenvalue weighted by Gasteiger charge is 2.21. The van der Waals surface area contributed by atoms with Crippen molar-refractivity contribution in [3.63, 3.8) is 0 Å². The lowest BCUT2D eigenvalue weighted by Gasteiger charge is -2.16. The van der Waals surface area contributed by atoms with Crippen LogP contribution in [0.2, 0.25) is 0 Å². The number of nitrogen functional groups attached to an aromatic ring is 1. The summed E-state index contributed by atoms with van der Waals surface area (Å²) in [6, 6.07) is 1.92. The Hall–Kier alpha value is -1.32. The topological polar surface area (TPSA) is 55.0 Å². The normalized spacial score (nSPS) is 21.5. The van der Waals surface area contributed by atoms with Crippen molar-refractivity contribution in [2.45, 2.75) is 19.8 Å². The van der Waals surface area contributed by atoms with Gasteiger partial charge in [-0.05, 0) is 18.4 Å². The number of anilines is 2. The molecule has 0 saturated carbocycles. The number of hydrogen-bond acceptors (Lipinski definition) is 4. The van der Waals surface area contributed by atoms with Crippen molar-refractivity contribution in [1.29, 1.82) is 0 Å². The lowest BCUT2D eigenvalue weighted by atomic mass is 10.1. The van der Waals surface area contributed by atoms with Gasteiger partial charge in [0.1, 0.15) is 5.82 Å². The molecule has 1 aromatic rings. The lowest BCUT2D eigenvalue weighted by Crippen LogP contribution is -2.21. The van der Waals surface area contributed by atoms with Crippen molar-refractivity contribution in [2.24, 2.45) is 5.92 Å². The first-order valence-electron chi connectivity index (χ1n) is 5.13. The SMILES string of the molecule is CCC1CCN(c2ccnc(N)n2)C1. The third-order valence-electron chi connectivity index (χ3n) is 2.85. The summed E-state index contributed by atoms with van der Waals surface area (Å²) in [6.45, 7) is 4.43. The van der Waals surface area contributed by atoms with E-state index < -0.39 is 0 Å². The van der Waals surface area contributed by atoms with Crippen LogP contribution in [0.5, 0.6) is 0 Å². The van der Waals surface area contributed by atoms with Crippen LogP contribution in [0.3, 0.4) is 0 Å². The Labute approximate surface area is 84.2 Å². The van der Waals surface area contributed by atoms with Gasteiger partial charge < -0.3 is 10.6 Å². The molecule has 0 spiro atoms. The van der Waals surface area contributed by atoms with Crippen LogP contribution in [-0.4, -0.2) is 23.1 Å². The number of hydrogen-bond donors (Lipinski definition) is 1. The molecule has 0 bridgehead atoms. The van der Waals surface area contributed by atoms with E-state index in [4.69, 9.17) is 5.73 Å². The number of rotatable bonds is 2. The molecule has 1 atom stereocenters. The quantitative estimate of drug-likeness (QED) is 0.767. The van der Waals surface area contributed by atoms with E-state index in [1.165, 1.54) is 12.8 Å². The smallest absolute Gasteiger partial charge is 0.221 e. The van der Waals surface area contributed by atoms with Gasteiger partial charge >= 0.3 is 0 Å². The Balaban J connectivity index is 2.09. The van der Waals surface area contributed by atoms with Crippen LogP contribution in [0.1, 0.15) is 19.8 Å². The molecule has 14 heavy (non-hydrogen) atoms. The van der Waals surface area contributed by atoms with Gasteiger partial charge in [-0.25, -0.2) is 4.98 Å². The van der Waals surface area contributed by atoms with Crippen molar-refractivity contribution >= 4 is 11.8 Å². The summed E-state index contributed by atoms with van der Waals surface area (Å²) in [5, 5.41) is 0. The Morgan fingerprint density at radius 3 is 3.14 bits per heavy atom. The Morgan fingerprint density at radius 2 is 2.50 bits per heavy atom. The van der Waals surface area contributed by atoms with E-state index in [1.54, 1.807) is 6.20 Å². The van der Waals surface area contributed by atoms with Crippen molar-refractivity contribution in [1.82, 2.24) is 9.97 Å². The molecular formula is C10H16N4. The predicted octanol–water partition coefficient (Wildman–Crippen LogP) is 1.30. The Morgan fingerprint density at radius 1 is 1.64 bits per heavy atom. The highest BCUT2D eigenvalue weighted by Crippen LogP contribution is 2.23. The van der Waals surface area contributed by atoms with E-state index in [9.17, 15) is 0 Å². The van der Waals surface area contributed by atoms with Gasteiger partial charge in [0, 0.05) is 19.3 Å². The first kappa shape index (κ1) is 9.24. The fourth-order valence-corrected chi connectivity index (χ4v) is 1.91. The van der Waals surface area contributed by atoms with Crippen LogP contribution in [0.15, 0.2) is 12.3 Å². The predicted molar refractivity (Wildman–Crippen MR) is 57.1 cm³/mol. The highest BCUT2D eigenvalue weighted by atomic mass is 15.2. The molecule has 1 aromatic heterocycles. The van der Waals surface area contributed by atoms with Crippen molar-refractivity contribution in [3.8, 4) is 0 Å². The molecule has 2 N–H and O–H groups in total. The van der Waals surface area contributed by atoms with Crippen LogP contribution in [0.25, 0.3) is 0 Å². The maximum absolute atomic E-state index is 5.54. The Kier molecular flexibility index (Phi) is 2.52. The largest absolute Gasteiger partial charge is 0.368 e. The van der Waals surface area contributed by atoms with Crippen LogP contribution >= 0.6 is 0 Å². The molecule has 0 aliphatic carbocycles. The summed E-state index contributed by atoms with van der Waals surface area (Å²) in [5.74, 6) is 2.14. The molecule has 2 rings (SSSR count). The molecule has 1 unspecified atom stereocenters. The van der Waals surface area contributed by atoms with Crippen LogP contribution < -0.4 is 10.6 Å². The summed E-state index contributed by atoms with van der Waals surface area (Å²) in [6.07, 6.45) is 4.23. The molecular weight excluding hydrogens is 176 g/mol. The van der Waals surface area contributed by atoms with Gasteiger partial charge in [-0.15, -0.1) is 0 Å². The molecule has 4 heteroatoms. The number of aromatic nitrogens is 2. The van der Waals surface area contributed by atoms with E-state index in [0.29, 0.717) is 5.95 Å². The molecule has 0 radical (unpaired) electrons.